The number of ether oxygens (including phenoxy) is 1. The second-order valence-electron chi connectivity index (χ2n) is 6.49. The monoisotopic (exact) mass is 429 g/mol. The third-order valence-electron chi connectivity index (χ3n) is 4.45. The molecule has 4 amide bonds. The number of allylic oxidation sites excluding steroid dienone is 1. The maximum absolute atomic E-state index is 12.8. The number of carboxylic acid groups (broad SMARTS) is 1. The molecule has 2 aromatic rings. The summed E-state index contributed by atoms with van der Waals surface area (Å²) in [5.41, 5.74) is 0.450. The van der Waals surface area contributed by atoms with Crippen LogP contribution in [0.4, 0.5) is 9.59 Å². The van der Waals surface area contributed by atoms with E-state index in [-0.39, 0.29) is 24.4 Å². The first-order chi connectivity index (χ1) is 14.4. The highest BCUT2D eigenvalue weighted by atomic mass is 35.5. The average molecular weight is 430 g/mol. The van der Waals surface area contributed by atoms with Crippen molar-refractivity contribution in [3.8, 4) is 5.75 Å². The van der Waals surface area contributed by atoms with Gasteiger partial charge in [0, 0.05) is 10.7 Å². The number of halogens is 1. The number of hydrogen-bond acceptors (Lipinski definition) is 4. The Balaban J connectivity index is 1.80. The fourth-order valence-corrected chi connectivity index (χ4v) is 3.35. The summed E-state index contributed by atoms with van der Waals surface area (Å²) in [5.74, 6) is -0.603. The normalized spacial score (nSPS) is 16.1. The molecule has 1 aliphatic heterocycles. The minimum atomic E-state index is -1.25. The number of benzene rings is 2. The number of rotatable bonds is 6. The molecule has 8 nitrogen and oxygen atoms in total. The highest BCUT2D eigenvalue weighted by molar-refractivity contribution is 6.30. The fourth-order valence-electron chi connectivity index (χ4n) is 3.15. The van der Waals surface area contributed by atoms with Gasteiger partial charge in [-0.1, -0.05) is 41.9 Å². The first-order valence-electron chi connectivity index (χ1n) is 9.14. The van der Waals surface area contributed by atoms with Crippen LogP contribution >= 0.6 is 11.6 Å². The van der Waals surface area contributed by atoms with Crippen LogP contribution in [0.1, 0.15) is 18.5 Å². The van der Waals surface area contributed by atoms with Gasteiger partial charge in [-0.25, -0.2) is 19.3 Å². The third-order valence-corrected chi connectivity index (χ3v) is 4.69. The fraction of sp³-hybridized carbons (Fsp3) is 0.190. The predicted octanol–water partition coefficient (Wildman–Crippen LogP) is 3.55. The minimum Gasteiger partial charge on any atom is -0.492 e. The molecule has 0 saturated carbocycles. The second kappa shape index (κ2) is 9.32. The molecule has 0 spiro atoms. The van der Waals surface area contributed by atoms with Crippen molar-refractivity contribution in [2.45, 2.75) is 13.0 Å². The van der Waals surface area contributed by atoms with Crippen LogP contribution in [0.25, 0.3) is 0 Å². The van der Waals surface area contributed by atoms with Crippen molar-refractivity contribution >= 4 is 29.6 Å². The molecule has 3 N–H and O–H groups in total. The Morgan fingerprint density at radius 2 is 1.93 bits per heavy atom. The SMILES string of the molecule is CC1=C(C(=O)O)C(c2cccc(Cl)c2)N(C(=O)NCCOc2ccccc2)C(=O)N1. The molecule has 0 fully saturated rings. The van der Waals surface area contributed by atoms with E-state index >= 15 is 0 Å². The van der Waals surface area contributed by atoms with Gasteiger partial charge in [0.15, 0.2) is 0 Å². The zero-order valence-corrected chi connectivity index (χ0v) is 16.8. The summed E-state index contributed by atoms with van der Waals surface area (Å²) >= 11 is 6.05. The van der Waals surface area contributed by atoms with E-state index in [9.17, 15) is 19.5 Å². The lowest BCUT2D eigenvalue weighted by Crippen LogP contribution is -2.54. The van der Waals surface area contributed by atoms with Gasteiger partial charge in [-0.05, 0) is 36.8 Å². The number of hydrogen-bond donors (Lipinski definition) is 3. The lowest BCUT2D eigenvalue weighted by atomic mass is 9.94. The molecule has 0 radical (unpaired) electrons. The molecule has 0 aliphatic carbocycles. The van der Waals surface area contributed by atoms with Gasteiger partial charge >= 0.3 is 18.0 Å². The van der Waals surface area contributed by atoms with Gasteiger partial charge in [0.2, 0.25) is 0 Å². The molecule has 2 aromatic carbocycles. The van der Waals surface area contributed by atoms with E-state index in [0.717, 1.165) is 4.90 Å². The van der Waals surface area contributed by atoms with E-state index < -0.39 is 24.1 Å². The van der Waals surface area contributed by atoms with Crippen molar-refractivity contribution in [1.29, 1.82) is 0 Å². The standard InChI is InChI=1S/C21H20ClN3O5/c1-13-17(19(26)27)18(14-6-5-7-15(22)12-14)25(21(29)24-13)20(28)23-10-11-30-16-8-3-2-4-9-16/h2-9,12,18H,10-11H2,1H3,(H,23,28)(H,24,29)(H,26,27). The molecule has 0 bridgehead atoms. The number of carboxylic acids is 1. The zero-order chi connectivity index (χ0) is 21.7. The average Bonchev–Trinajstić information content (AvgIpc) is 2.71. The van der Waals surface area contributed by atoms with Gasteiger partial charge in [0.1, 0.15) is 18.4 Å². The number of nitrogens with zero attached hydrogens (tertiary/aromatic N) is 1. The van der Waals surface area contributed by atoms with Gasteiger partial charge < -0.3 is 20.5 Å². The number of carbonyl (C=O) groups excluding carboxylic acids is 2. The van der Waals surface area contributed by atoms with Gasteiger partial charge in [0.05, 0.1) is 12.1 Å². The highest BCUT2D eigenvalue weighted by Crippen LogP contribution is 2.34. The Morgan fingerprint density at radius 3 is 2.60 bits per heavy atom. The molecular formula is C21H20ClN3O5. The van der Waals surface area contributed by atoms with E-state index in [4.69, 9.17) is 16.3 Å². The van der Waals surface area contributed by atoms with Gasteiger partial charge in [0.25, 0.3) is 0 Å². The number of urea groups is 2. The Hall–Kier alpha value is -3.52. The largest absolute Gasteiger partial charge is 0.492 e. The summed E-state index contributed by atoms with van der Waals surface area (Å²) < 4.78 is 5.52. The van der Waals surface area contributed by atoms with E-state index in [1.807, 2.05) is 18.2 Å². The summed E-state index contributed by atoms with van der Waals surface area (Å²) in [7, 11) is 0. The predicted molar refractivity (Wildman–Crippen MR) is 110 cm³/mol. The number of aliphatic carboxylic acids is 1. The topological polar surface area (TPSA) is 108 Å². The molecule has 1 heterocycles. The lowest BCUT2D eigenvalue weighted by molar-refractivity contribution is -0.133. The van der Waals surface area contributed by atoms with Crippen molar-refractivity contribution in [2.24, 2.45) is 0 Å². The molecule has 0 saturated heterocycles. The van der Waals surface area contributed by atoms with Crippen LogP contribution in [0.3, 0.4) is 0 Å². The number of para-hydroxylation sites is 1. The molecule has 30 heavy (non-hydrogen) atoms. The van der Waals surface area contributed by atoms with E-state index in [2.05, 4.69) is 10.6 Å². The molecule has 3 rings (SSSR count). The van der Waals surface area contributed by atoms with Crippen LogP contribution in [-0.4, -0.2) is 41.2 Å². The molecule has 1 atom stereocenters. The lowest BCUT2D eigenvalue weighted by Gasteiger charge is -2.35. The Bertz CT molecular complexity index is 993. The van der Waals surface area contributed by atoms with Crippen LogP contribution in [0.2, 0.25) is 5.02 Å². The second-order valence-corrected chi connectivity index (χ2v) is 6.93. The maximum atomic E-state index is 12.8. The first kappa shape index (κ1) is 21.2. The summed E-state index contributed by atoms with van der Waals surface area (Å²) in [5, 5.41) is 15.1. The molecule has 1 unspecified atom stereocenters. The third kappa shape index (κ3) is 4.72. The summed E-state index contributed by atoms with van der Waals surface area (Å²) in [6, 6.07) is 12.8. The van der Waals surface area contributed by atoms with Gasteiger partial charge in [-0.2, -0.15) is 0 Å². The Morgan fingerprint density at radius 1 is 1.20 bits per heavy atom. The van der Waals surface area contributed by atoms with Crippen molar-refractivity contribution in [1.82, 2.24) is 15.5 Å². The number of amides is 4. The van der Waals surface area contributed by atoms with Crippen molar-refractivity contribution < 1.29 is 24.2 Å². The Labute approximate surface area is 178 Å². The maximum Gasteiger partial charge on any atom is 0.335 e. The smallest absolute Gasteiger partial charge is 0.335 e. The molecule has 156 valence electrons. The molecule has 1 aliphatic rings. The number of carbonyl (C=O) groups is 3. The van der Waals surface area contributed by atoms with Crippen molar-refractivity contribution in [3.05, 3.63) is 76.5 Å². The number of imide groups is 1. The summed E-state index contributed by atoms with van der Waals surface area (Å²) in [4.78, 5) is 38.2. The minimum absolute atomic E-state index is 0.116. The van der Waals surface area contributed by atoms with Crippen molar-refractivity contribution in [2.75, 3.05) is 13.2 Å². The van der Waals surface area contributed by atoms with Crippen LogP contribution < -0.4 is 15.4 Å². The molecule has 9 heteroatoms. The molecular weight excluding hydrogens is 410 g/mol. The zero-order valence-electron chi connectivity index (χ0n) is 16.1. The Kier molecular flexibility index (Phi) is 6.58. The molecule has 0 aromatic heterocycles. The quantitative estimate of drug-likeness (QED) is 0.608. The van der Waals surface area contributed by atoms with Crippen LogP contribution in [0.15, 0.2) is 65.9 Å². The van der Waals surface area contributed by atoms with Crippen LogP contribution in [0, 0.1) is 0 Å². The van der Waals surface area contributed by atoms with Crippen LogP contribution in [-0.2, 0) is 4.79 Å². The highest BCUT2D eigenvalue weighted by Gasteiger charge is 2.41. The van der Waals surface area contributed by atoms with Crippen molar-refractivity contribution in [3.63, 3.8) is 0 Å². The summed E-state index contributed by atoms with van der Waals surface area (Å²) in [6.45, 7) is 1.76. The van der Waals surface area contributed by atoms with Crippen LogP contribution in [0.5, 0.6) is 5.75 Å². The van der Waals surface area contributed by atoms with Gasteiger partial charge in [-0.15, -0.1) is 0 Å². The van der Waals surface area contributed by atoms with E-state index in [1.165, 1.54) is 13.0 Å². The van der Waals surface area contributed by atoms with E-state index in [0.29, 0.717) is 16.3 Å². The first-order valence-corrected chi connectivity index (χ1v) is 9.51. The summed E-state index contributed by atoms with van der Waals surface area (Å²) in [6.07, 6.45) is 0. The van der Waals surface area contributed by atoms with E-state index in [1.54, 1.807) is 30.3 Å². The van der Waals surface area contributed by atoms with Gasteiger partial charge in [-0.3, -0.25) is 0 Å². The number of nitrogens with one attached hydrogen (secondary N) is 2.